The van der Waals surface area contributed by atoms with Crippen LogP contribution in [-0.4, -0.2) is 81.8 Å². The summed E-state index contributed by atoms with van der Waals surface area (Å²) in [6, 6.07) is 4.70. The zero-order valence-electron chi connectivity index (χ0n) is 27.4. The normalized spacial score (nSPS) is 26.7. The van der Waals surface area contributed by atoms with Gasteiger partial charge in [0.1, 0.15) is 46.0 Å². The van der Waals surface area contributed by atoms with E-state index in [-0.39, 0.29) is 30.7 Å². The third-order valence-corrected chi connectivity index (χ3v) is 10.3. The lowest BCUT2D eigenvalue weighted by Gasteiger charge is -2.27. The van der Waals surface area contributed by atoms with Crippen molar-refractivity contribution in [2.24, 2.45) is 5.92 Å². The average molecular weight is 663 g/mol. The molecule has 250 valence electrons. The third-order valence-electron chi connectivity index (χ3n) is 9.43. The number of thiazole rings is 1. The molecule has 1 aromatic carbocycles. The van der Waals surface area contributed by atoms with Gasteiger partial charge in [-0.1, -0.05) is 26.0 Å². The molecule has 4 heterocycles. The Kier molecular flexibility index (Phi) is 9.26. The number of nitrogens with zero attached hydrogens (tertiary/aromatic N) is 3. The lowest BCUT2D eigenvalue weighted by Crippen LogP contribution is -2.54. The second kappa shape index (κ2) is 13.2. The number of allylic oxidation sites excluding steroid dienone is 1. The first-order valence-electron chi connectivity index (χ1n) is 16.3. The van der Waals surface area contributed by atoms with E-state index < -0.39 is 35.7 Å². The number of nitrogens with one attached hydrogen (secondary N) is 1. The number of carboxylic acids is 1. The van der Waals surface area contributed by atoms with Crippen LogP contribution in [0, 0.1) is 12.8 Å². The summed E-state index contributed by atoms with van der Waals surface area (Å²) >= 11 is 1.51. The van der Waals surface area contributed by atoms with Crippen LogP contribution >= 0.6 is 11.3 Å². The van der Waals surface area contributed by atoms with Gasteiger partial charge in [-0.25, -0.2) is 14.8 Å². The lowest BCUT2D eigenvalue weighted by molar-refractivity contribution is -0.149. The van der Waals surface area contributed by atoms with Crippen LogP contribution in [-0.2, 0) is 19.1 Å². The Bertz CT molecular complexity index is 1720. The largest absolute Gasteiger partial charge is 0.496 e. The smallest absolute Gasteiger partial charge is 0.330 e. The first-order valence-corrected chi connectivity index (χ1v) is 17.1. The molecule has 11 nitrogen and oxygen atoms in total. The summed E-state index contributed by atoms with van der Waals surface area (Å²) in [6.07, 6.45) is 5.43. The molecule has 47 heavy (non-hydrogen) atoms. The van der Waals surface area contributed by atoms with Gasteiger partial charge in [-0.3, -0.25) is 9.59 Å². The van der Waals surface area contributed by atoms with Crippen LogP contribution in [0.2, 0.25) is 0 Å². The van der Waals surface area contributed by atoms with Crippen molar-refractivity contribution in [2.45, 2.75) is 89.5 Å². The number of carbonyl (C=O) groups is 3. The topological polar surface area (TPSA) is 140 Å². The van der Waals surface area contributed by atoms with Crippen molar-refractivity contribution >= 4 is 40.0 Å². The van der Waals surface area contributed by atoms with Crippen LogP contribution in [0.4, 0.5) is 0 Å². The van der Waals surface area contributed by atoms with E-state index in [0.29, 0.717) is 35.7 Å². The lowest BCUT2D eigenvalue weighted by atomic mass is 10.1. The zero-order valence-corrected chi connectivity index (χ0v) is 28.3. The van der Waals surface area contributed by atoms with Gasteiger partial charge >= 0.3 is 5.97 Å². The number of aryl methyl sites for hydroxylation is 1. The SMILES string of the molecule is COc1ccc2c(OC3CC4C(=O)NC5(C(=O)O)CC5C=CCCCCOC(C)C(=O)N4C3)cc(-c3nc(C(C)C)cs3)nc2c1C. The summed E-state index contributed by atoms with van der Waals surface area (Å²) in [5.74, 6) is -0.699. The van der Waals surface area contributed by atoms with Crippen molar-refractivity contribution in [3.8, 4) is 22.2 Å². The average Bonchev–Trinajstić information content (AvgIpc) is 3.35. The fourth-order valence-corrected chi connectivity index (χ4v) is 7.43. The van der Waals surface area contributed by atoms with Crippen LogP contribution < -0.4 is 14.8 Å². The number of carboxylic acid groups (broad SMARTS) is 1. The number of ether oxygens (including phenoxy) is 3. The number of benzene rings is 1. The zero-order chi connectivity index (χ0) is 33.5. The Morgan fingerprint density at radius 3 is 2.74 bits per heavy atom. The summed E-state index contributed by atoms with van der Waals surface area (Å²) < 4.78 is 18.1. The number of pyridine rings is 1. The molecule has 2 aliphatic heterocycles. The number of aromatic nitrogens is 2. The molecule has 1 aliphatic carbocycles. The molecule has 1 saturated heterocycles. The van der Waals surface area contributed by atoms with Crippen LogP contribution in [0.25, 0.3) is 21.6 Å². The molecule has 2 aromatic heterocycles. The number of carbonyl (C=O) groups excluding carboxylic acids is 2. The molecular weight excluding hydrogens is 620 g/mol. The molecule has 6 rings (SSSR count). The van der Waals surface area contributed by atoms with Crippen molar-refractivity contribution in [1.82, 2.24) is 20.2 Å². The minimum Gasteiger partial charge on any atom is -0.496 e. The van der Waals surface area contributed by atoms with Gasteiger partial charge in [0.05, 0.1) is 24.9 Å². The minimum atomic E-state index is -1.38. The Morgan fingerprint density at radius 1 is 1.21 bits per heavy atom. The van der Waals surface area contributed by atoms with Gasteiger partial charge in [0.15, 0.2) is 0 Å². The molecule has 2 fully saturated rings. The molecule has 0 spiro atoms. The van der Waals surface area contributed by atoms with Crippen molar-refractivity contribution in [3.63, 3.8) is 0 Å². The van der Waals surface area contributed by atoms with E-state index in [1.807, 2.05) is 42.7 Å². The van der Waals surface area contributed by atoms with Crippen LogP contribution in [0.1, 0.15) is 70.1 Å². The van der Waals surface area contributed by atoms with Crippen LogP contribution in [0.3, 0.4) is 0 Å². The van der Waals surface area contributed by atoms with E-state index in [0.717, 1.165) is 40.9 Å². The molecule has 5 atom stereocenters. The van der Waals surface area contributed by atoms with Gasteiger partial charge in [-0.2, -0.15) is 0 Å². The fourth-order valence-electron chi connectivity index (χ4n) is 6.49. The maximum Gasteiger partial charge on any atom is 0.330 e. The molecule has 12 heteroatoms. The highest BCUT2D eigenvalue weighted by Gasteiger charge is 2.61. The highest BCUT2D eigenvalue weighted by molar-refractivity contribution is 7.13. The molecule has 3 aromatic rings. The molecule has 2 amide bonds. The number of aliphatic carboxylic acids is 1. The van der Waals surface area contributed by atoms with E-state index in [9.17, 15) is 19.5 Å². The van der Waals surface area contributed by atoms with Crippen molar-refractivity contribution in [3.05, 3.63) is 47.0 Å². The van der Waals surface area contributed by atoms with Gasteiger partial charge in [-0.15, -0.1) is 11.3 Å². The van der Waals surface area contributed by atoms with Gasteiger partial charge in [-0.05, 0) is 57.6 Å². The monoisotopic (exact) mass is 662 g/mol. The van der Waals surface area contributed by atoms with Crippen molar-refractivity contribution in [1.29, 1.82) is 0 Å². The predicted molar refractivity (Wildman–Crippen MR) is 178 cm³/mol. The third kappa shape index (κ3) is 6.45. The maximum absolute atomic E-state index is 13.8. The van der Waals surface area contributed by atoms with Crippen LogP contribution in [0.15, 0.2) is 35.7 Å². The van der Waals surface area contributed by atoms with Gasteiger partial charge in [0.25, 0.3) is 5.91 Å². The molecular formula is C35H42N4O7S. The molecule has 2 N–H and O–H groups in total. The second-order valence-electron chi connectivity index (χ2n) is 13.0. The molecule has 5 unspecified atom stereocenters. The number of hydrogen-bond acceptors (Lipinski definition) is 9. The summed E-state index contributed by atoms with van der Waals surface area (Å²) in [6.45, 7) is 8.37. The number of methoxy groups -OCH3 is 1. The van der Waals surface area contributed by atoms with Crippen molar-refractivity contribution in [2.75, 3.05) is 20.3 Å². The van der Waals surface area contributed by atoms with E-state index in [2.05, 4.69) is 19.2 Å². The summed E-state index contributed by atoms with van der Waals surface area (Å²) in [5, 5.41) is 16.5. The minimum absolute atomic E-state index is 0.136. The van der Waals surface area contributed by atoms with E-state index in [1.54, 1.807) is 14.0 Å². The molecule has 0 radical (unpaired) electrons. The fraction of sp³-hybridized carbons (Fsp3) is 0.514. The quantitative estimate of drug-likeness (QED) is 0.339. The summed E-state index contributed by atoms with van der Waals surface area (Å²) in [4.78, 5) is 51.2. The Balaban J connectivity index is 1.34. The number of rotatable bonds is 6. The first-order chi connectivity index (χ1) is 22.5. The first kappa shape index (κ1) is 32.9. The Morgan fingerprint density at radius 2 is 2.02 bits per heavy atom. The highest BCUT2D eigenvalue weighted by Crippen LogP contribution is 2.45. The second-order valence-corrected chi connectivity index (χ2v) is 13.9. The summed E-state index contributed by atoms with van der Waals surface area (Å²) in [7, 11) is 1.62. The number of hydrogen-bond donors (Lipinski definition) is 2. The van der Waals surface area contributed by atoms with E-state index in [4.69, 9.17) is 24.2 Å². The van der Waals surface area contributed by atoms with Gasteiger partial charge in [0, 0.05) is 41.3 Å². The van der Waals surface area contributed by atoms with Gasteiger partial charge < -0.3 is 29.5 Å². The van der Waals surface area contributed by atoms with Gasteiger partial charge in [0.2, 0.25) is 5.91 Å². The standard InChI is InChI=1S/C35H42N4O7S/c1-19(2)26-18-47-32(37-26)25-15-29(24-11-12-28(44-5)20(3)30(24)36-25)46-23-14-27-31(40)38-35(34(42)43)16-22(35)10-8-6-7-9-13-45-21(4)33(41)39(27)17-23/h8,10-12,15,18-19,21-23,27H,6-7,9,13-14,16-17H2,1-5H3,(H,38,40)(H,42,43). The predicted octanol–water partition coefficient (Wildman–Crippen LogP) is 5.25. The van der Waals surface area contributed by atoms with E-state index >= 15 is 0 Å². The van der Waals surface area contributed by atoms with Crippen LogP contribution in [0.5, 0.6) is 11.5 Å². The van der Waals surface area contributed by atoms with Crippen molar-refractivity contribution < 1.29 is 33.7 Å². The van der Waals surface area contributed by atoms with E-state index in [1.165, 1.54) is 16.2 Å². The Labute approximate surface area is 278 Å². The number of amides is 2. The Hall–Kier alpha value is -4.03. The molecule has 0 bridgehead atoms. The highest BCUT2D eigenvalue weighted by atomic mass is 32.1. The number of fused-ring (bicyclic) bond motifs is 3. The maximum atomic E-state index is 13.8. The molecule has 3 aliphatic rings. The summed E-state index contributed by atoms with van der Waals surface area (Å²) in [5.41, 5.74) is 1.81. The molecule has 1 saturated carbocycles.